The van der Waals surface area contributed by atoms with E-state index in [2.05, 4.69) is 33.6 Å². The normalized spacial score (nSPS) is 13.4. The van der Waals surface area contributed by atoms with Crippen LogP contribution in [0.4, 0.5) is 5.13 Å². The van der Waals surface area contributed by atoms with Gasteiger partial charge in [0, 0.05) is 39.6 Å². The summed E-state index contributed by atoms with van der Waals surface area (Å²) >= 11 is 1.63. The van der Waals surface area contributed by atoms with E-state index in [1.54, 1.807) is 11.3 Å². The van der Waals surface area contributed by atoms with Gasteiger partial charge in [0.1, 0.15) is 13.2 Å². The van der Waals surface area contributed by atoms with Crippen LogP contribution in [0.15, 0.2) is 28.6 Å². The Labute approximate surface area is 164 Å². The molecule has 8 heteroatoms. The quantitative estimate of drug-likeness (QED) is 0.605. The van der Waals surface area contributed by atoms with Gasteiger partial charge in [0.25, 0.3) is 0 Å². The van der Waals surface area contributed by atoms with Gasteiger partial charge in [-0.1, -0.05) is 6.07 Å². The van der Waals surface area contributed by atoms with Crippen molar-refractivity contribution in [3.63, 3.8) is 0 Å². The second-order valence-corrected chi connectivity index (χ2v) is 7.36. The molecule has 0 saturated heterocycles. The smallest absolute Gasteiger partial charge is 0.194 e. The van der Waals surface area contributed by atoms with Crippen LogP contribution in [0.1, 0.15) is 18.2 Å². The number of thiazole rings is 1. The Kier molecular flexibility index (Phi) is 6.39. The zero-order valence-corrected chi connectivity index (χ0v) is 17.2. The fourth-order valence-corrected chi connectivity index (χ4v) is 3.48. The summed E-state index contributed by atoms with van der Waals surface area (Å²) in [4.78, 5) is 13.5. The lowest BCUT2D eigenvalue weighted by atomic mass is 10.2. The molecule has 3 rings (SSSR count). The zero-order chi connectivity index (χ0) is 19.2. The molecule has 0 unspecified atom stereocenters. The lowest BCUT2D eigenvalue weighted by molar-refractivity contribution is 0.171. The predicted octanol–water partition coefficient (Wildman–Crippen LogP) is 2.58. The average Bonchev–Trinajstić information content (AvgIpc) is 3.14. The Morgan fingerprint density at radius 2 is 2.00 bits per heavy atom. The molecule has 7 nitrogen and oxygen atoms in total. The van der Waals surface area contributed by atoms with Gasteiger partial charge in [-0.2, -0.15) is 0 Å². The summed E-state index contributed by atoms with van der Waals surface area (Å²) in [6.07, 6.45) is 0. The minimum atomic E-state index is 0.554. The van der Waals surface area contributed by atoms with Crippen LogP contribution in [-0.2, 0) is 13.1 Å². The van der Waals surface area contributed by atoms with Crippen molar-refractivity contribution in [2.45, 2.75) is 20.0 Å². The third kappa shape index (κ3) is 5.03. The van der Waals surface area contributed by atoms with Crippen molar-refractivity contribution in [3.8, 4) is 11.5 Å². The second kappa shape index (κ2) is 8.94. The first kappa shape index (κ1) is 19.3. The monoisotopic (exact) mass is 389 g/mol. The van der Waals surface area contributed by atoms with Crippen molar-refractivity contribution in [2.75, 3.05) is 45.8 Å². The summed E-state index contributed by atoms with van der Waals surface area (Å²) in [6.45, 7) is 5.36. The Morgan fingerprint density at radius 1 is 1.22 bits per heavy atom. The van der Waals surface area contributed by atoms with E-state index in [-0.39, 0.29) is 0 Å². The van der Waals surface area contributed by atoms with E-state index in [1.807, 2.05) is 38.2 Å². The fourth-order valence-electron chi connectivity index (χ4n) is 2.73. The molecule has 0 aliphatic carbocycles. The van der Waals surface area contributed by atoms with E-state index in [0.29, 0.717) is 19.8 Å². The van der Waals surface area contributed by atoms with Gasteiger partial charge in [0.15, 0.2) is 22.6 Å². The number of rotatable bonds is 6. The maximum atomic E-state index is 5.68. The van der Waals surface area contributed by atoms with Crippen molar-refractivity contribution >= 4 is 22.4 Å². The highest BCUT2D eigenvalue weighted by molar-refractivity contribution is 7.13. The molecule has 1 N–H and O–H groups in total. The van der Waals surface area contributed by atoms with Gasteiger partial charge in [-0.25, -0.2) is 9.98 Å². The summed E-state index contributed by atoms with van der Waals surface area (Å²) in [6, 6.07) is 6.08. The second-order valence-electron chi connectivity index (χ2n) is 6.52. The summed E-state index contributed by atoms with van der Waals surface area (Å²) in [5, 5.41) is 6.40. The first-order valence-corrected chi connectivity index (χ1v) is 9.94. The maximum absolute atomic E-state index is 5.68. The minimum absolute atomic E-state index is 0.554. The summed E-state index contributed by atoms with van der Waals surface area (Å²) in [5.74, 6) is 2.48. The van der Waals surface area contributed by atoms with Crippen LogP contribution in [0.3, 0.4) is 0 Å². The van der Waals surface area contributed by atoms with E-state index in [0.717, 1.165) is 46.9 Å². The highest BCUT2D eigenvalue weighted by Crippen LogP contribution is 2.31. The fraction of sp³-hybridized carbons (Fsp3) is 0.474. The molecule has 1 aromatic heterocycles. The first-order chi connectivity index (χ1) is 13.1. The average molecular weight is 390 g/mol. The molecule has 2 aromatic rings. The first-order valence-electron chi connectivity index (χ1n) is 9.06. The molecular formula is C19H27N5O2S. The van der Waals surface area contributed by atoms with Gasteiger partial charge < -0.3 is 24.6 Å². The summed E-state index contributed by atoms with van der Waals surface area (Å²) < 4.78 is 11.3. The van der Waals surface area contributed by atoms with E-state index >= 15 is 0 Å². The Hall–Kier alpha value is -2.48. The number of aromatic nitrogens is 1. The number of anilines is 1. The molecule has 0 spiro atoms. The number of benzene rings is 1. The van der Waals surface area contributed by atoms with Gasteiger partial charge in [-0.3, -0.25) is 0 Å². The lowest BCUT2D eigenvalue weighted by Gasteiger charge is -2.23. The minimum Gasteiger partial charge on any atom is -0.486 e. The van der Waals surface area contributed by atoms with Crippen molar-refractivity contribution in [1.82, 2.24) is 15.2 Å². The van der Waals surface area contributed by atoms with Crippen molar-refractivity contribution in [2.24, 2.45) is 4.99 Å². The Balaban J connectivity index is 1.67. The number of ether oxygens (including phenoxy) is 2. The molecule has 0 saturated carbocycles. The van der Waals surface area contributed by atoms with Crippen LogP contribution in [0.5, 0.6) is 11.5 Å². The van der Waals surface area contributed by atoms with E-state index in [1.165, 1.54) is 0 Å². The van der Waals surface area contributed by atoms with Gasteiger partial charge >= 0.3 is 0 Å². The van der Waals surface area contributed by atoms with Crippen LogP contribution < -0.4 is 19.7 Å². The van der Waals surface area contributed by atoms with Crippen LogP contribution >= 0.6 is 11.3 Å². The standard InChI is InChI=1S/C19H27N5O2S/c1-5-20-18(21-11-15-13-27-19(22-15)23(2)3)24(4)12-14-6-7-16-17(10-14)26-9-8-25-16/h6-7,10,13H,5,8-9,11-12H2,1-4H3,(H,20,21). The number of hydrogen-bond donors (Lipinski definition) is 1. The molecule has 2 heterocycles. The van der Waals surface area contributed by atoms with Crippen LogP contribution in [0, 0.1) is 0 Å². The highest BCUT2D eigenvalue weighted by atomic mass is 32.1. The van der Waals surface area contributed by atoms with Gasteiger partial charge in [0.2, 0.25) is 0 Å². The van der Waals surface area contributed by atoms with E-state index < -0.39 is 0 Å². The number of aliphatic imine (C=N–C) groups is 1. The topological polar surface area (TPSA) is 62.2 Å². The Bertz CT molecular complexity index is 790. The molecule has 0 radical (unpaired) electrons. The number of guanidine groups is 1. The van der Waals surface area contributed by atoms with Crippen LogP contribution in [0.25, 0.3) is 0 Å². The molecule has 146 valence electrons. The SMILES string of the molecule is CCNC(=NCc1csc(N(C)C)n1)N(C)Cc1ccc2c(c1)OCCO2. The third-order valence-electron chi connectivity index (χ3n) is 4.04. The zero-order valence-electron chi connectivity index (χ0n) is 16.4. The summed E-state index contributed by atoms with van der Waals surface area (Å²) in [5.41, 5.74) is 2.13. The van der Waals surface area contributed by atoms with E-state index in [4.69, 9.17) is 14.5 Å². The predicted molar refractivity (Wildman–Crippen MR) is 110 cm³/mol. The molecule has 0 fully saturated rings. The van der Waals surface area contributed by atoms with Gasteiger partial charge in [0.05, 0.1) is 12.2 Å². The van der Waals surface area contributed by atoms with Crippen LogP contribution in [-0.4, -0.2) is 56.7 Å². The van der Waals surface area contributed by atoms with Gasteiger partial charge in [-0.15, -0.1) is 11.3 Å². The van der Waals surface area contributed by atoms with Crippen molar-refractivity contribution < 1.29 is 9.47 Å². The molecule has 1 aliphatic heterocycles. The third-order valence-corrected chi connectivity index (χ3v) is 5.09. The van der Waals surface area contributed by atoms with Crippen molar-refractivity contribution in [3.05, 3.63) is 34.8 Å². The largest absolute Gasteiger partial charge is 0.486 e. The van der Waals surface area contributed by atoms with Gasteiger partial charge in [-0.05, 0) is 24.6 Å². The number of hydrogen-bond acceptors (Lipinski definition) is 6. The highest BCUT2D eigenvalue weighted by Gasteiger charge is 2.14. The molecule has 0 bridgehead atoms. The molecule has 0 atom stereocenters. The molecule has 27 heavy (non-hydrogen) atoms. The maximum Gasteiger partial charge on any atom is 0.194 e. The molecular weight excluding hydrogens is 362 g/mol. The van der Waals surface area contributed by atoms with Crippen molar-refractivity contribution in [1.29, 1.82) is 0 Å². The number of fused-ring (bicyclic) bond motifs is 1. The van der Waals surface area contributed by atoms with Crippen LogP contribution in [0.2, 0.25) is 0 Å². The molecule has 1 aliphatic rings. The lowest BCUT2D eigenvalue weighted by Crippen LogP contribution is -2.38. The number of nitrogens with zero attached hydrogens (tertiary/aromatic N) is 4. The molecule has 0 amide bonds. The Morgan fingerprint density at radius 3 is 2.70 bits per heavy atom. The number of nitrogens with one attached hydrogen (secondary N) is 1. The summed E-state index contributed by atoms with van der Waals surface area (Å²) in [7, 11) is 6.03. The van der Waals surface area contributed by atoms with E-state index in [9.17, 15) is 0 Å². The molecule has 1 aromatic carbocycles.